The van der Waals surface area contributed by atoms with Crippen molar-refractivity contribution in [2.75, 3.05) is 12.8 Å². The third kappa shape index (κ3) is 4.42. The molecular weight excluding hydrogens is 406 g/mol. The Balaban J connectivity index is 1.69. The summed E-state index contributed by atoms with van der Waals surface area (Å²) in [7, 11) is 1.52. The zero-order chi connectivity index (χ0) is 22.9. The maximum atomic E-state index is 10.2. The van der Waals surface area contributed by atoms with Crippen molar-refractivity contribution in [3.63, 3.8) is 0 Å². The van der Waals surface area contributed by atoms with Gasteiger partial charge in [0.05, 0.1) is 31.2 Å². The number of nitrogen functional groups attached to an aromatic ring is 1. The van der Waals surface area contributed by atoms with Gasteiger partial charge < -0.3 is 15.6 Å². The number of nitrogens with zero attached hydrogens (tertiary/aromatic N) is 6. The van der Waals surface area contributed by atoms with Crippen molar-refractivity contribution in [2.24, 2.45) is 0 Å². The molecule has 0 radical (unpaired) electrons. The maximum absolute atomic E-state index is 10.2. The van der Waals surface area contributed by atoms with Gasteiger partial charge in [-0.25, -0.2) is 14.6 Å². The normalized spacial score (nSPS) is 11.5. The van der Waals surface area contributed by atoms with Gasteiger partial charge in [0.1, 0.15) is 17.0 Å². The van der Waals surface area contributed by atoms with Gasteiger partial charge in [-0.1, -0.05) is 35.0 Å². The fourth-order valence-corrected chi connectivity index (χ4v) is 3.31. The molecule has 9 heteroatoms. The molecule has 1 aromatic carbocycles. The van der Waals surface area contributed by atoms with Crippen molar-refractivity contribution in [3.8, 4) is 28.5 Å². The van der Waals surface area contributed by atoms with Crippen LogP contribution in [-0.2, 0) is 12.1 Å². The number of hydrogen-bond acceptors (Lipinski definition) is 8. The summed E-state index contributed by atoms with van der Waals surface area (Å²) in [5.41, 5.74) is 9.38. The predicted molar refractivity (Wildman–Crippen MR) is 121 cm³/mol. The molecule has 0 aliphatic heterocycles. The van der Waals surface area contributed by atoms with Crippen LogP contribution in [0.3, 0.4) is 0 Å². The third-order valence-electron chi connectivity index (χ3n) is 4.91. The lowest BCUT2D eigenvalue weighted by atomic mass is 10.0. The summed E-state index contributed by atoms with van der Waals surface area (Å²) in [4.78, 5) is 13.6. The van der Waals surface area contributed by atoms with E-state index in [2.05, 4.69) is 25.3 Å². The van der Waals surface area contributed by atoms with Crippen LogP contribution in [0.5, 0.6) is 5.75 Å². The molecule has 4 rings (SSSR count). The van der Waals surface area contributed by atoms with Crippen molar-refractivity contribution in [1.29, 1.82) is 0 Å². The second kappa shape index (κ2) is 8.35. The van der Waals surface area contributed by atoms with Crippen LogP contribution in [-0.4, -0.2) is 42.2 Å². The van der Waals surface area contributed by atoms with Crippen LogP contribution in [0.2, 0.25) is 0 Å². The molecule has 164 valence electrons. The largest absolute Gasteiger partial charge is 0.491 e. The van der Waals surface area contributed by atoms with E-state index in [-0.39, 0.29) is 5.82 Å². The quantitative estimate of drug-likeness (QED) is 0.477. The lowest BCUT2D eigenvalue weighted by molar-refractivity contribution is 0.0736. The van der Waals surface area contributed by atoms with E-state index in [1.807, 2.05) is 43.3 Å². The number of anilines is 1. The summed E-state index contributed by atoms with van der Waals surface area (Å²) in [6, 6.07) is 13.4. The number of aryl methyl sites for hydroxylation is 1. The van der Waals surface area contributed by atoms with Gasteiger partial charge in [0, 0.05) is 5.56 Å². The standard InChI is InChI=1S/C23H25N7O2/c1-14-7-5-8-15(11-14)22-26-19(20(32-4)21(24)27-22)17-13-30(29-28-17)12-16-9-6-10-18(25-16)23(2,3)31/h5-11,13,31H,12H2,1-4H3,(H2,24,26,27). The first-order chi connectivity index (χ1) is 15.2. The minimum Gasteiger partial charge on any atom is -0.491 e. The maximum Gasteiger partial charge on any atom is 0.189 e. The number of aromatic nitrogens is 6. The van der Waals surface area contributed by atoms with Crippen LogP contribution in [0, 0.1) is 6.92 Å². The highest BCUT2D eigenvalue weighted by Crippen LogP contribution is 2.33. The zero-order valence-corrected chi connectivity index (χ0v) is 18.4. The topological polar surface area (TPSA) is 125 Å². The van der Waals surface area contributed by atoms with Crippen LogP contribution in [0.25, 0.3) is 22.8 Å². The number of aliphatic hydroxyl groups is 1. The number of hydrogen-bond donors (Lipinski definition) is 2. The molecule has 0 unspecified atom stereocenters. The first kappa shape index (κ1) is 21.4. The Bertz CT molecular complexity index is 1260. The number of methoxy groups -OCH3 is 1. The number of benzene rings is 1. The monoisotopic (exact) mass is 431 g/mol. The summed E-state index contributed by atoms with van der Waals surface area (Å²) < 4.78 is 7.11. The van der Waals surface area contributed by atoms with Gasteiger partial charge in [-0.05, 0) is 39.0 Å². The zero-order valence-electron chi connectivity index (χ0n) is 18.4. The minimum atomic E-state index is -1.03. The molecule has 0 aliphatic carbocycles. The summed E-state index contributed by atoms with van der Waals surface area (Å²) in [5.74, 6) is 1.05. The fraction of sp³-hybridized carbons (Fsp3) is 0.261. The van der Waals surface area contributed by atoms with Crippen LogP contribution >= 0.6 is 0 Å². The van der Waals surface area contributed by atoms with Gasteiger partial charge in [-0.15, -0.1) is 5.10 Å². The molecule has 0 amide bonds. The number of ether oxygens (including phenoxy) is 1. The third-order valence-corrected chi connectivity index (χ3v) is 4.91. The van der Waals surface area contributed by atoms with Gasteiger partial charge >= 0.3 is 0 Å². The van der Waals surface area contributed by atoms with E-state index < -0.39 is 5.60 Å². The van der Waals surface area contributed by atoms with E-state index in [0.29, 0.717) is 35.2 Å². The first-order valence-electron chi connectivity index (χ1n) is 10.1. The van der Waals surface area contributed by atoms with Crippen molar-refractivity contribution >= 4 is 5.82 Å². The van der Waals surface area contributed by atoms with Crippen LogP contribution in [0.1, 0.15) is 30.8 Å². The lowest BCUT2D eigenvalue weighted by Crippen LogP contribution is -2.18. The second-order valence-electron chi connectivity index (χ2n) is 8.06. The number of rotatable bonds is 6. The predicted octanol–water partition coefficient (Wildman–Crippen LogP) is 2.97. The molecule has 3 heterocycles. The fourth-order valence-electron chi connectivity index (χ4n) is 3.31. The van der Waals surface area contributed by atoms with Crippen molar-refractivity contribution in [3.05, 3.63) is 65.6 Å². The molecule has 0 bridgehead atoms. The molecule has 0 spiro atoms. The summed E-state index contributed by atoms with van der Waals surface area (Å²) in [5, 5.41) is 18.7. The molecule has 0 saturated carbocycles. The van der Waals surface area contributed by atoms with Gasteiger partial charge in [0.25, 0.3) is 0 Å². The van der Waals surface area contributed by atoms with Crippen LogP contribution in [0.4, 0.5) is 5.82 Å². The lowest BCUT2D eigenvalue weighted by Gasteiger charge is -2.17. The van der Waals surface area contributed by atoms with Gasteiger partial charge in [-0.2, -0.15) is 0 Å². The van der Waals surface area contributed by atoms with Crippen LogP contribution in [0.15, 0.2) is 48.7 Å². The molecule has 9 nitrogen and oxygen atoms in total. The molecule has 0 saturated heterocycles. The van der Waals surface area contributed by atoms with E-state index in [9.17, 15) is 5.11 Å². The van der Waals surface area contributed by atoms with Crippen molar-refractivity contribution < 1.29 is 9.84 Å². The van der Waals surface area contributed by atoms with Gasteiger partial charge in [0.15, 0.2) is 17.4 Å². The Labute approximate surface area is 185 Å². The Morgan fingerprint density at radius 3 is 2.59 bits per heavy atom. The average Bonchev–Trinajstić information content (AvgIpc) is 3.21. The van der Waals surface area contributed by atoms with Gasteiger partial charge in [0.2, 0.25) is 0 Å². The Kier molecular flexibility index (Phi) is 5.58. The summed E-state index contributed by atoms with van der Waals surface area (Å²) in [6.45, 7) is 5.78. The molecule has 3 N–H and O–H groups in total. The van der Waals surface area contributed by atoms with Crippen LogP contribution < -0.4 is 10.5 Å². The Morgan fingerprint density at radius 2 is 1.88 bits per heavy atom. The highest BCUT2D eigenvalue weighted by Gasteiger charge is 2.20. The number of pyridine rings is 1. The highest BCUT2D eigenvalue weighted by molar-refractivity contribution is 5.72. The molecule has 0 atom stereocenters. The van der Waals surface area contributed by atoms with Crippen molar-refractivity contribution in [2.45, 2.75) is 32.9 Å². The molecule has 0 aliphatic rings. The van der Waals surface area contributed by atoms with Gasteiger partial charge in [-0.3, -0.25) is 4.98 Å². The molecule has 3 aromatic heterocycles. The molecule has 4 aromatic rings. The van der Waals surface area contributed by atoms with E-state index in [1.165, 1.54) is 7.11 Å². The van der Waals surface area contributed by atoms with E-state index in [1.54, 1.807) is 30.8 Å². The summed E-state index contributed by atoms with van der Waals surface area (Å²) in [6.07, 6.45) is 1.75. The second-order valence-corrected chi connectivity index (χ2v) is 8.06. The average molecular weight is 432 g/mol. The Morgan fingerprint density at radius 1 is 1.09 bits per heavy atom. The van der Waals surface area contributed by atoms with E-state index >= 15 is 0 Å². The highest BCUT2D eigenvalue weighted by atomic mass is 16.5. The summed E-state index contributed by atoms with van der Waals surface area (Å²) >= 11 is 0. The number of nitrogens with two attached hydrogens (primary N) is 1. The molecule has 0 fully saturated rings. The molecular formula is C23H25N7O2. The SMILES string of the molecule is COc1c(N)nc(-c2cccc(C)c2)nc1-c1cn(Cc2cccc(C(C)(C)O)n2)nn1. The van der Waals surface area contributed by atoms with E-state index in [4.69, 9.17) is 10.5 Å². The first-order valence-corrected chi connectivity index (χ1v) is 10.1. The van der Waals surface area contributed by atoms with E-state index in [0.717, 1.165) is 16.8 Å². The minimum absolute atomic E-state index is 0.225. The molecule has 32 heavy (non-hydrogen) atoms. The van der Waals surface area contributed by atoms with Crippen molar-refractivity contribution in [1.82, 2.24) is 29.9 Å². The Hall–Kier alpha value is -3.85. The smallest absolute Gasteiger partial charge is 0.189 e.